The van der Waals surface area contributed by atoms with Crippen LogP contribution in [-0.2, 0) is 28.8 Å². The number of primary amides is 1. The molecular weight excluding hydrogens is 358 g/mol. The van der Waals surface area contributed by atoms with E-state index in [4.69, 9.17) is 10.5 Å². The second-order valence-corrected chi connectivity index (χ2v) is 7.39. The van der Waals surface area contributed by atoms with Gasteiger partial charge in [0.05, 0.1) is 6.54 Å². The second-order valence-electron chi connectivity index (χ2n) is 6.09. The van der Waals surface area contributed by atoms with E-state index in [0.29, 0.717) is 18.6 Å². The van der Waals surface area contributed by atoms with E-state index in [2.05, 4.69) is 5.32 Å². The molecule has 2 fully saturated rings. The van der Waals surface area contributed by atoms with Crippen molar-refractivity contribution in [2.24, 2.45) is 5.73 Å². The van der Waals surface area contributed by atoms with E-state index < -0.39 is 35.3 Å². The number of esters is 1. The van der Waals surface area contributed by atoms with Crippen LogP contribution >= 0.6 is 11.8 Å². The van der Waals surface area contributed by atoms with E-state index in [0.717, 1.165) is 5.56 Å². The average molecular weight is 377 g/mol. The van der Waals surface area contributed by atoms with Gasteiger partial charge in [-0.1, -0.05) is 30.3 Å². The lowest BCUT2D eigenvalue weighted by molar-refractivity contribution is -0.156. The van der Waals surface area contributed by atoms with E-state index in [-0.39, 0.29) is 12.5 Å². The van der Waals surface area contributed by atoms with E-state index >= 15 is 0 Å². The molecule has 26 heavy (non-hydrogen) atoms. The Morgan fingerprint density at radius 1 is 1.31 bits per heavy atom. The van der Waals surface area contributed by atoms with Gasteiger partial charge in [0.1, 0.15) is 10.9 Å². The van der Waals surface area contributed by atoms with Crippen molar-refractivity contribution in [1.29, 1.82) is 0 Å². The van der Waals surface area contributed by atoms with Crippen LogP contribution in [0.3, 0.4) is 0 Å². The average Bonchev–Trinajstić information content (AvgIpc) is 3.18. The molecule has 8 nitrogen and oxygen atoms in total. The maximum atomic E-state index is 12.4. The molecule has 2 aliphatic heterocycles. The highest BCUT2D eigenvalue weighted by Gasteiger charge is 2.57. The summed E-state index contributed by atoms with van der Waals surface area (Å²) in [6, 6.07) is 8.87. The Balaban J connectivity index is 1.68. The molecule has 2 atom stereocenters. The first-order valence-corrected chi connectivity index (χ1v) is 9.16. The number of benzene rings is 1. The Morgan fingerprint density at radius 3 is 2.73 bits per heavy atom. The lowest BCUT2D eigenvalue weighted by atomic mass is 10.0. The van der Waals surface area contributed by atoms with Gasteiger partial charge in [-0.15, -0.1) is 11.8 Å². The number of nitrogens with two attached hydrogens (primary N) is 1. The largest absolute Gasteiger partial charge is 0.454 e. The van der Waals surface area contributed by atoms with Gasteiger partial charge in [-0.25, -0.2) is 4.79 Å². The minimum absolute atomic E-state index is 0.0982. The molecule has 3 amide bonds. The normalized spacial score (nSPS) is 24.2. The molecule has 0 spiro atoms. The van der Waals surface area contributed by atoms with Crippen LogP contribution in [0.15, 0.2) is 30.3 Å². The van der Waals surface area contributed by atoms with Gasteiger partial charge < -0.3 is 20.7 Å². The number of carbonyl (C=O) groups excluding carboxylic acids is 4. The van der Waals surface area contributed by atoms with Crippen LogP contribution in [0.2, 0.25) is 0 Å². The number of carbonyl (C=O) groups is 4. The lowest BCUT2D eigenvalue weighted by Crippen LogP contribution is -2.47. The van der Waals surface area contributed by atoms with E-state index in [1.807, 2.05) is 30.3 Å². The highest BCUT2D eigenvalue weighted by molar-refractivity contribution is 8.00. The zero-order valence-corrected chi connectivity index (χ0v) is 14.8. The third-order valence-corrected chi connectivity index (χ3v) is 6.03. The van der Waals surface area contributed by atoms with Crippen molar-refractivity contribution in [1.82, 2.24) is 10.2 Å². The van der Waals surface area contributed by atoms with Crippen LogP contribution in [0, 0.1) is 0 Å². The number of rotatable bonds is 6. The number of hydrogen-bond acceptors (Lipinski definition) is 6. The van der Waals surface area contributed by atoms with Crippen molar-refractivity contribution in [3.63, 3.8) is 0 Å². The third-order valence-electron chi connectivity index (χ3n) is 4.43. The Morgan fingerprint density at radius 2 is 2.04 bits per heavy atom. The third kappa shape index (κ3) is 3.39. The molecule has 2 aliphatic rings. The molecule has 3 N–H and O–H groups in total. The fourth-order valence-electron chi connectivity index (χ4n) is 3.29. The van der Waals surface area contributed by atoms with Gasteiger partial charge in [-0.3, -0.25) is 14.4 Å². The minimum atomic E-state index is -0.737. The summed E-state index contributed by atoms with van der Waals surface area (Å²) in [5.74, 6) is -1.63. The lowest BCUT2D eigenvalue weighted by Gasteiger charge is -2.33. The summed E-state index contributed by atoms with van der Waals surface area (Å²) in [6.45, 7) is -0.842. The predicted molar refractivity (Wildman–Crippen MR) is 93.6 cm³/mol. The van der Waals surface area contributed by atoms with Crippen LogP contribution in [0.4, 0.5) is 0 Å². The number of hydrogen-bond donors (Lipinski definition) is 2. The first-order chi connectivity index (χ1) is 12.4. The molecule has 0 aromatic heterocycles. The highest BCUT2D eigenvalue weighted by Crippen LogP contribution is 2.54. The first-order valence-electron chi connectivity index (χ1n) is 8.17. The maximum Gasteiger partial charge on any atom is 0.330 e. The van der Waals surface area contributed by atoms with Crippen LogP contribution in [-0.4, -0.2) is 53.5 Å². The molecule has 2 saturated heterocycles. The Hall–Kier alpha value is -2.55. The van der Waals surface area contributed by atoms with Gasteiger partial charge in [-0.05, 0) is 12.0 Å². The molecule has 9 heteroatoms. The fraction of sp³-hybridized carbons (Fsp3) is 0.412. The van der Waals surface area contributed by atoms with Crippen LogP contribution in [0.5, 0.6) is 0 Å². The van der Waals surface area contributed by atoms with E-state index in [1.54, 1.807) is 16.7 Å². The molecule has 138 valence electrons. The van der Waals surface area contributed by atoms with Crippen LogP contribution in [0.25, 0.3) is 0 Å². The maximum absolute atomic E-state index is 12.4. The summed E-state index contributed by atoms with van der Waals surface area (Å²) in [6.07, 6.45) is 0.994. The van der Waals surface area contributed by atoms with Crippen molar-refractivity contribution >= 4 is 35.5 Å². The molecular formula is C17H19N3O5S. The summed E-state index contributed by atoms with van der Waals surface area (Å²) >= 11 is 1.54. The Bertz CT molecular complexity index is 741. The summed E-state index contributed by atoms with van der Waals surface area (Å²) in [4.78, 5) is 48.1. The molecule has 0 aliphatic carbocycles. The van der Waals surface area contributed by atoms with Gasteiger partial charge in [0, 0.05) is 12.2 Å². The van der Waals surface area contributed by atoms with Gasteiger partial charge in [-0.2, -0.15) is 0 Å². The van der Waals surface area contributed by atoms with Gasteiger partial charge >= 0.3 is 5.97 Å². The summed E-state index contributed by atoms with van der Waals surface area (Å²) in [7, 11) is 0. The molecule has 2 heterocycles. The van der Waals surface area contributed by atoms with Crippen molar-refractivity contribution < 1.29 is 23.9 Å². The van der Waals surface area contributed by atoms with Gasteiger partial charge in [0.15, 0.2) is 6.61 Å². The van der Waals surface area contributed by atoms with Crippen molar-refractivity contribution in [3.05, 3.63) is 35.9 Å². The van der Waals surface area contributed by atoms with E-state index in [1.165, 1.54) is 0 Å². The second kappa shape index (κ2) is 7.36. The quantitative estimate of drug-likeness (QED) is 0.658. The van der Waals surface area contributed by atoms with Crippen LogP contribution < -0.4 is 11.1 Å². The molecule has 1 aromatic rings. The minimum Gasteiger partial charge on any atom is -0.454 e. The van der Waals surface area contributed by atoms with Crippen molar-refractivity contribution in [2.75, 3.05) is 18.9 Å². The number of fused-ring (bicyclic) bond motifs is 1. The smallest absolute Gasteiger partial charge is 0.330 e. The predicted octanol–water partition coefficient (Wildman–Crippen LogP) is -0.278. The standard InChI is InChI=1S/C17H19N3O5S/c18-13(21)8-19-14(22)9-25-16(24)12-10-26-17(7-6-15(23)20(12)17)11-4-2-1-3-5-11/h1-5,12H,6-10H2,(H2,18,21)(H,19,22)/t12-,17-/m1/s1. The van der Waals surface area contributed by atoms with E-state index in [9.17, 15) is 19.2 Å². The zero-order valence-electron chi connectivity index (χ0n) is 14.0. The van der Waals surface area contributed by atoms with Crippen molar-refractivity contribution in [3.8, 4) is 0 Å². The molecule has 0 unspecified atom stereocenters. The topological polar surface area (TPSA) is 119 Å². The Labute approximate surface area is 154 Å². The fourth-order valence-corrected chi connectivity index (χ4v) is 4.92. The zero-order chi connectivity index (χ0) is 18.7. The number of thioether (sulfide) groups is 1. The first kappa shape index (κ1) is 18.2. The monoisotopic (exact) mass is 377 g/mol. The summed E-state index contributed by atoms with van der Waals surface area (Å²) < 4.78 is 5.05. The number of ether oxygens (including phenoxy) is 1. The summed E-state index contributed by atoms with van der Waals surface area (Å²) in [5, 5.41) is 2.24. The van der Waals surface area contributed by atoms with Gasteiger partial charge in [0.2, 0.25) is 11.8 Å². The van der Waals surface area contributed by atoms with Crippen LogP contribution in [0.1, 0.15) is 18.4 Å². The Kier molecular flexibility index (Phi) is 5.17. The van der Waals surface area contributed by atoms with Crippen molar-refractivity contribution in [2.45, 2.75) is 23.8 Å². The molecule has 1 aromatic carbocycles. The SMILES string of the molecule is NC(=O)CNC(=O)COC(=O)[C@H]1CS[C@@]2(c3ccccc3)CCC(=O)N12. The summed E-state index contributed by atoms with van der Waals surface area (Å²) in [5.41, 5.74) is 5.91. The number of nitrogens with zero attached hydrogens (tertiary/aromatic N) is 1. The molecule has 0 bridgehead atoms. The molecule has 3 rings (SSSR count). The van der Waals surface area contributed by atoms with Gasteiger partial charge in [0.25, 0.3) is 5.91 Å². The number of amides is 3. The number of nitrogens with one attached hydrogen (secondary N) is 1. The highest BCUT2D eigenvalue weighted by atomic mass is 32.2. The molecule has 0 radical (unpaired) electrons. The molecule has 0 saturated carbocycles.